The number of carbonyl (C=O) groups is 2. The fourth-order valence-electron chi connectivity index (χ4n) is 3.39. The summed E-state index contributed by atoms with van der Waals surface area (Å²) < 4.78 is 5.30. The number of rotatable bonds is 3. The molecule has 112 valence electrons. The van der Waals surface area contributed by atoms with Crippen molar-refractivity contribution >= 4 is 11.9 Å². The van der Waals surface area contributed by atoms with Crippen LogP contribution in [0.3, 0.4) is 0 Å². The number of carbonyl (C=O) groups excluding carboxylic acids is 2. The third kappa shape index (κ3) is 2.54. The van der Waals surface area contributed by atoms with Crippen molar-refractivity contribution in [2.75, 3.05) is 26.3 Å². The molecule has 1 spiro atoms. The first-order valence-corrected chi connectivity index (χ1v) is 7.66. The Hall–Kier alpha value is -1.14. The van der Waals surface area contributed by atoms with Crippen molar-refractivity contribution in [3.8, 4) is 0 Å². The number of amides is 3. The first-order chi connectivity index (χ1) is 9.71. The van der Waals surface area contributed by atoms with Crippen LogP contribution in [-0.2, 0) is 9.53 Å². The summed E-state index contributed by atoms with van der Waals surface area (Å²) in [4.78, 5) is 26.0. The van der Waals surface area contributed by atoms with E-state index in [1.165, 1.54) is 17.7 Å². The van der Waals surface area contributed by atoms with Crippen LogP contribution in [0.4, 0.5) is 4.79 Å². The number of nitrogens with one attached hydrogen (secondary N) is 2. The molecule has 0 aromatic heterocycles. The lowest BCUT2D eigenvalue weighted by Gasteiger charge is -2.30. The lowest BCUT2D eigenvalue weighted by molar-refractivity contribution is -0.134. The van der Waals surface area contributed by atoms with Crippen LogP contribution in [0.2, 0.25) is 0 Å². The summed E-state index contributed by atoms with van der Waals surface area (Å²) in [5, 5.41) is 6.35. The van der Waals surface area contributed by atoms with Crippen LogP contribution in [0.15, 0.2) is 0 Å². The molecule has 3 saturated heterocycles. The second-order valence-corrected chi connectivity index (χ2v) is 6.02. The van der Waals surface area contributed by atoms with Crippen LogP contribution in [0.1, 0.15) is 38.5 Å². The van der Waals surface area contributed by atoms with Gasteiger partial charge in [0.15, 0.2) is 0 Å². The molecule has 3 aliphatic heterocycles. The van der Waals surface area contributed by atoms with Gasteiger partial charge in [0.25, 0.3) is 5.91 Å². The third-order valence-electron chi connectivity index (χ3n) is 4.71. The molecule has 0 radical (unpaired) electrons. The minimum absolute atomic E-state index is 0.0541. The molecule has 6 nitrogen and oxygen atoms in total. The highest BCUT2D eigenvalue weighted by Gasteiger charge is 2.51. The van der Waals surface area contributed by atoms with E-state index in [-0.39, 0.29) is 11.9 Å². The van der Waals surface area contributed by atoms with E-state index in [0.717, 1.165) is 19.4 Å². The number of imide groups is 1. The van der Waals surface area contributed by atoms with Crippen molar-refractivity contribution in [1.29, 1.82) is 0 Å². The molecule has 3 aliphatic rings. The second-order valence-electron chi connectivity index (χ2n) is 6.02. The van der Waals surface area contributed by atoms with E-state index in [1.54, 1.807) is 0 Å². The molecule has 3 heterocycles. The van der Waals surface area contributed by atoms with E-state index in [4.69, 9.17) is 4.74 Å². The van der Waals surface area contributed by atoms with E-state index in [0.29, 0.717) is 38.6 Å². The Bertz CT molecular complexity index is 387. The summed E-state index contributed by atoms with van der Waals surface area (Å²) >= 11 is 0. The van der Waals surface area contributed by atoms with E-state index in [1.807, 2.05) is 0 Å². The van der Waals surface area contributed by atoms with E-state index in [2.05, 4.69) is 10.6 Å². The molecule has 3 amide bonds. The van der Waals surface area contributed by atoms with Crippen LogP contribution >= 0.6 is 0 Å². The van der Waals surface area contributed by atoms with Crippen LogP contribution in [0, 0.1) is 0 Å². The predicted molar refractivity (Wildman–Crippen MR) is 73.3 cm³/mol. The molecule has 0 aliphatic carbocycles. The summed E-state index contributed by atoms with van der Waals surface area (Å²) in [5.41, 5.74) is -0.685. The highest BCUT2D eigenvalue weighted by molar-refractivity contribution is 6.07. The Morgan fingerprint density at radius 1 is 1.25 bits per heavy atom. The molecule has 6 heteroatoms. The molecule has 0 bridgehead atoms. The van der Waals surface area contributed by atoms with Gasteiger partial charge in [-0.1, -0.05) is 6.42 Å². The first-order valence-electron chi connectivity index (χ1n) is 7.66. The fraction of sp³-hybridized carbons (Fsp3) is 0.857. The monoisotopic (exact) mass is 281 g/mol. The first kappa shape index (κ1) is 13.8. The molecule has 3 fully saturated rings. The van der Waals surface area contributed by atoms with Crippen molar-refractivity contribution in [2.45, 2.75) is 50.1 Å². The van der Waals surface area contributed by atoms with Crippen molar-refractivity contribution in [1.82, 2.24) is 15.5 Å². The lowest BCUT2D eigenvalue weighted by Crippen LogP contribution is -2.51. The Labute approximate surface area is 119 Å². The molecule has 3 rings (SSSR count). The van der Waals surface area contributed by atoms with Crippen molar-refractivity contribution in [3.05, 3.63) is 0 Å². The lowest BCUT2D eigenvalue weighted by atomic mass is 9.90. The van der Waals surface area contributed by atoms with Crippen LogP contribution in [-0.4, -0.2) is 54.7 Å². The maximum absolute atomic E-state index is 12.5. The quantitative estimate of drug-likeness (QED) is 0.744. The standard InChI is InChI=1S/C14H23N3O3/c18-12-14(5-9-20-10-6-14)16-13(19)17(12)8-4-11-3-1-2-7-15-11/h11,15H,1-10H2,(H,16,19). The van der Waals surface area contributed by atoms with Crippen molar-refractivity contribution in [3.63, 3.8) is 0 Å². The zero-order chi connectivity index (χ0) is 14.0. The maximum atomic E-state index is 12.5. The van der Waals surface area contributed by atoms with Crippen molar-refractivity contribution < 1.29 is 14.3 Å². The number of hydrogen-bond donors (Lipinski definition) is 2. The predicted octanol–water partition coefficient (Wildman–Crippen LogP) is 0.620. The van der Waals surface area contributed by atoms with Gasteiger partial charge in [-0.05, 0) is 25.8 Å². The molecule has 20 heavy (non-hydrogen) atoms. The van der Waals surface area contributed by atoms with Gasteiger partial charge < -0.3 is 15.4 Å². The van der Waals surface area contributed by atoms with Gasteiger partial charge in [-0.3, -0.25) is 9.69 Å². The molecule has 0 aromatic rings. The molecule has 1 unspecified atom stereocenters. The Balaban J connectivity index is 1.58. The van der Waals surface area contributed by atoms with Gasteiger partial charge in [-0.25, -0.2) is 4.79 Å². The molecule has 2 N–H and O–H groups in total. The van der Waals surface area contributed by atoms with Gasteiger partial charge >= 0.3 is 6.03 Å². The fourth-order valence-corrected chi connectivity index (χ4v) is 3.39. The normalized spacial score (nSPS) is 29.8. The van der Waals surface area contributed by atoms with Gasteiger partial charge in [0.2, 0.25) is 0 Å². The van der Waals surface area contributed by atoms with E-state index >= 15 is 0 Å². The van der Waals surface area contributed by atoms with Crippen LogP contribution in [0.25, 0.3) is 0 Å². The number of piperidine rings is 1. The van der Waals surface area contributed by atoms with E-state index in [9.17, 15) is 9.59 Å². The number of nitrogens with zero attached hydrogens (tertiary/aromatic N) is 1. The van der Waals surface area contributed by atoms with Gasteiger partial charge in [-0.2, -0.15) is 0 Å². The Morgan fingerprint density at radius 2 is 2.05 bits per heavy atom. The summed E-state index contributed by atoms with van der Waals surface area (Å²) in [6.07, 6.45) is 5.64. The SMILES string of the molecule is O=C1NC2(CCOCC2)C(=O)N1CCC1CCCCN1. The molecule has 1 atom stereocenters. The van der Waals surface area contributed by atoms with Gasteiger partial charge in [0.1, 0.15) is 5.54 Å². The topological polar surface area (TPSA) is 70.7 Å². The zero-order valence-electron chi connectivity index (χ0n) is 11.8. The smallest absolute Gasteiger partial charge is 0.325 e. The number of ether oxygens (including phenoxy) is 1. The zero-order valence-corrected chi connectivity index (χ0v) is 11.8. The second kappa shape index (κ2) is 5.69. The maximum Gasteiger partial charge on any atom is 0.325 e. The largest absolute Gasteiger partial charge is 0.381 e. The summed E-state index contributed by atoms with van der Waals surface area (Å²) in [5.74, 6) is -0.0541. The Kier molecular flexibility index (Phi) is 3.94. The van der Waals surface area contributed by atoms with E-state index < -0.39 is 5.54 Å². The number of urea groups is 1. The minimum Gasteiger partial charge on any atom is -0.381 e. The molecular weight excluding hydrogens is 258 g/mol. The van der Waals surface area contributed by atoms with Crippen molar-refractivity contribution in [2.24, 2.45) is 0 Å². The average Bonchev–Trinajstić information content (AvgIpc) is 2.70. The molecular formula is C14H23N3O3. The van der Waals surface area contributed by atoms with Gasteiger partial charge in [0.05, 0.1) is 0 Å². The van der Waals surface area contributed by atoms with Crippen LogP contribution in [0.5, 0.6) is 0 Å². The average molecular weight is 281 g/mol. The highest BCUT2D eigenvalue weighted by atomic mass is 16.5. The molecule has 0 aromatic carbocycles. The minimum atomic E-state index is -0.685. The number of hydrogen-bond acceptors (Lipinski definition) is 4. The summed E-state index contributed by atoms with van der Waals surface area (Å²) in [6.45, 7) is 2.66. The summed E-state index contributed by atoms with van der Waals surface area (Å²) in [7, 11) is 0. The Morgan fingerprint density at radius 3 is 2.75 bits per heavy atom. The summed E-state index contributed by atoms with van der Waals surface area (Å²) in [6, 6.07) is 0.211. The highest BCUT2D eigenvalue weighted by Crippen LogP contribution is 2.28. The third-order valence-corrected chi connectivity index (χ3v) is 4.71. The van der Waals surface area contributed by atoms with Gasteiger partial charge in [-0.15, -0.1) is 0 Å². The molecule has 0 saturated carbocycles. The van der Waals surface area contributed by atoms with Crippen LogP contribution < -0.4 is 10.6 Å². The van der Waals surface area contributed by atoms with Gasteiger partial charge in [0, 0.05) is 38.6 Å².